The summed E-state index contributed by atoms with van der Waals surface area (Å²) in [6, 6.07) is 8.55. The van der Waals surface area contributed by atoms with Crippen LogP contribution in [0.5, 0.6) is 23.0 Å². The number of methoxy groups -OCH3 is 1. The molecule has 0 radical (unpaired) electrons. The standard InChI is InChI=1S/C22H22O11/c1-30-10-4-2-9(3-5-10)14-7-12(25)16-11(24)6-13(26)20(21(16)31-14)33-22-19(29)18(28)17(27)15(8-23)32-22/h2-7,15,17-19,22-24,26-29H,8H2,1H3. The average molecular weight is 462 g/mol. The fourth-order valence-corrected chi connectivity index (χ4v) is 3.57. The highest BCUT2D eigenvalue weighted by atomic mass is 16.7. The normalized spacial score (nSPS) is 25.2. The molecule has 1 fully saturated rings. The molecule has 1 saturated heterocycles. The van der Waals surface area contributed by atoms with Crippen LogP contribution < -0.4 is 14.9 Å². The second-order valence-electron chi connectivity index (χ2n) is 7.47. The predicted octanol–water partition coefficient (Wildman–Crippen LogP) is 0.0585. The number of aliphatic hydroxyl groups is 4. The molecule has 4 rings (SSSR count). The van der Waals surface area contributed by atoms with Gasteiger partial charge in [0.1, 0.15) is 47.1 Å². The monoisotopic (exact) mass is 462 g/mol. The van der Waals surface area contributed by atoms with Crippen molar-refractivity contribution in [3.8, 4) is 34.3 Å². The topological polar surface area (TPSA) is 179 Å². The van der Waals surface area contributed by atoms with Gasteiger partial charge in [0.05, 0.1) is 13.7 Å². The van der Waals surface area contributed by atoms with E-state index in [2.05, 4.69) is 0 Å². The van der Waals surface area contributed by atoms with E-state index in [-0.39, 0.29) is 16.7 Å². The smallest absolute Gasteiger partial charge is 0.229 e. The molecule has 11 nitrogen and oxygen atoms in total. The first kappa shape index (κ1) is 22.8. The second-order valence-corrected chi connectivity index (χ2v) is 7.47. The number of ether oxygens (including phenoxy) is 3. The maximum atomic E-state index is 12.8. The van der Waals surface area contributed by atoms with Crippen LogP contribution >= 0.6 is 0 Å². The molecular formula is C22H22O11. The molecule has 6 N–H and O–H groups in total. The molecule has 1 aliphatic rings. The highest BCUT2D eigenvalue weighted by Gasteiger charge is 2.45. The van der Waals surface area contributed by atoms with Gasteiger partial charge in [-0.3, -0.25) is 4.79 Å². The van der Waals surface area contributed by atoms with Crippen LogP contribution in [0.2, 0.25) is 0 Å². The molecular weight excluding hydrogens is 440 g/mol. The Bertz CT molecular complexity index is 1200. The van der Waals surface area contributed by atoms with E-state index in [9.17, 15) is 35.4 Å². The van der Waals surface area contributed by atoms with Crippen molar-refractivity contribution in [3.05, 3.63) is 46.6 Å². The zero-order chi connectivity index (χ0) is 23.9. The van der Waals surface area contributed by atoms with Gasteiger partial charge >= 0.3 is 0 Å². The number of rotatable bonds is 5. The number of phenolic OH excluding ortho intramolecular Hbond substituents is 2. The highest BCUT2D eigenvalue weighted by Crippen LogP contribution is 2.42. The van der Waals surface area contributed by atoms with Crippen LogP contribution in [-0.2, 0) is 4.74 Å². The average Bonchev–Trinajstić information content (AvgIpc) is 2.81. The van der Waals surface area contributed by atoms with Gasteiger partial charge in [-0.05, 0) is 24.3 Å². The lowest BCUT2D eigenvalue weighted by molar-refractivity contribution is -0.277. The van der Waals surface area contributed by atoms with Crippen LogP contribution in [0.4, 0.5) is 0 Å². The van der Waals surface area contributed by atoms with Crippen LogP contribution in [0.25, 0.3) is 22.3 Å². The molecule has 0 spiro atoms. The minimum atomic E-state index is -1.78. The highest BCUT2D eigenvalue weighted by molar-refractivity contribution is 5.91. The third-order valence-electron chi connectivity index (χ3n) is 5.37. The summed E-state index contributed by atoms with van der Waals surface area (Å²) in [5, 5.41) is 59.9. The number of fused-ring (bicyclic) bond motifs is 1. The van der Waals surface area contributed by atoms with Crippen LogP contribution in [0.3, 0.4) is 0 Å². The molecule has 0 aliphatic carbocycles. The Morgan fingerprint density at radius 2 is 1.67 bits per heavy atom. The van der Waals surface area contributed by atoms with Gasteiger partial charge in [-0.1, -0.05) is 0 Å². The van der Waals surface area contributed by atoms with Gasteiger partial charge in [-0.15, -0.1) is 0 Å². The maximum absolute atomic E-state index is 12.8. The summed E-state index contributed by atoms with van der Waals surface area (Å²) in [6.07, 6.45) is -8.04. The van der Waals surface area contributed by atoms with Gasteiger partial charge in [0.2, 0.25) is 12.0 Å². The van der Waals surface area contributed by atoms with E-state index in [1.54, 1.807) is 24.3 Å². The van der Waals surface area contributed by atoms with E-state index in [0.29, 0.717) is 11.3 Å². The molecule has 11 heteroatoms. The fraction of sp³-hybridized carbons (Fsp3) is 0.318. The first-order valence-corrected chi connectivity index (χ1v) is 9.89. The summed E-state index contributed by atoms with van der Waals surface area (Å²) in [7, 11) is 1.50. The molecule has 3 aromatic rings. The van der Waals surface area contributed by atoms with Crippen molar-refractivity contribution in [2.75, 3.05) is 13.7 Å². The molecule has 33 heavy (non-hydrogen) atoms. The number of benzene rings is 2. The SMILES string of the molecule is COc1ccc(-c2cc(=O)c3c(O)cc(O)c(OC4OC(CO)C(O)C(O)C4O)c3o2)cc1. The minimum absolute atomic E-state index is 0.0822. The first-order chi connectivity index (χ1) is 15.7. The Balaban J connectivity index is 1.82. The summed E-state index contributed by atoms with van der Waals surface area (Å²) >= 11 is 0. The molecule has 0 bridgehead atoms. The summed E-state index contributed by atoms with van der Waals surface area (Å²) in [6.45, 7) is -0.691. The van der Waals surface area contributed by atoms with Crippen molar-refractivity contribution in [2.24, 2.45) is 0 Å². The molecule has 1 aromatic heterocycles. The molecule has 0 amide bonds. The molecule has 5 unspecified atom stereocenters. The molecule has 5 atom stereocenters. The number of aliphatic hydroxyl groups excluding tert-OH is 4. The molecule has 1 aliphatic heterocycles. The van der Waals surface area contributed by atoms with Gasteiger partial charge in [-0.2, -0.15) is 0 Å². The van der Waals surface area contributed by atoms with E-state index in [1.165, 1.54) is 7.11 Å². The Morgan fingerprint density at radius 3 is 2.30 bits per heavy atom. The Morgan fingerprint density at radius 1 is 0.970 bits per heavy atom. The number of hydrogen-bond acceptors (Lipinski definition) is 11. The molecule has 2 aromatic carbocycles. The Kier molecular flexibility index (Phi) is 6.15. The van der Waals surface area contributed by atoms with E-state index in [1.807, 2.05) is 0 Å². The van der Waals surface area contributed by atoms with Crippen molar-refractivity contribution < 1.29 is 49.3 Å². The van der Waals surface area contributed by atoms with Crippen molar-refractivity contribution >= 4 is 11.0 Å². The summed E-state index contributed by atoms with van der Waals surface area (Å²) < 4.78 is 21.7. The Labute approximate surface area is 186 Å². The number of hydrogen-bond donors (Lipinski definition) is 6. The lowest BCUT2D eigenvalue weighted by atomic mass is 9.99. The van der Waals surface area contributed by atoms with Crippen molar-refractivity contribution in [3.63, 3.8) is 0 Å². The first-order valence-electron chi connectivity index (χ1n) is 9.89. The van der Waals surface area contributed by atoms with Crippen molar-refractivity contribution in [2.45, 2.75) is 30.7 Å². The van der Waals surface area contributed by atoms with Crippen molar-refractivity contribution in [1.29, 1.82) is 0 Å². The fourth-order valence-electron chi connectivity index (χ4n) is 3.57. The van der Waals surface area contributed by atoms with E-state index in [4.69, 9.17) is 18.6 Å². The molecule has 176 valence electrons. The predicted molar refractivity (Wildman–Crippen MR) is 112 cm³/mol. The largest absolute Gasteiger partial charge is 0.507 e. The quantitative estimate of drug-likeness (QED) is 0.302. The summed E-state index contributed by atoms with van der Waals surface area (Å²) in [4.78, 5) is 12.8. The molecule has 0 saturated carbocycles. The van der Waals surface area contributed by atoms with E-state index < -0.39 is 60.0 Å². The number of aromatic hydroxyl groups is 2. The lowest BCUT2D eigenvalue weighted by Crippen LogP contribution is -2.60. The summed E-state index contributed by atoms with van der Waals surface area (Å²) in [5.41, 5.74) is -0.502. The van der Waals surface area contributed by atoms with E-state index in [0.717, 1.165) is 12.1 Å². The number of phenols is 2. The van der Waals surface area contributed by atoms with Crippen molar-refractivity contribution in [1.82, 2.24) is 0 Å². The van der Waals surface area contributed by atoms with Gasteiger partial charge < -0.3 is 49.3 Å². The Hall–Kier alpha value is -3.35. The van der Waals surface area contributed by atoms with Gasteiger partial charge in [0.25, 0.3) is 0 Å². The second kappa shape index (κ2) is 8.89. The third-order valence-corrected chi connectivity index (χ3v) is 5.37. The maximum Gasteiger partial charge on any atom is 0.229 e. The van der Waals surface area contributed by atoms with Gasteiger partial charge in [-0.25, -0.2) is 0 Å². The van der Waals surface area contributed by atoms with Gasteiger partial charge in [0.15, 0.2) is 16.8 Å². The van der Waals surface area contributed by atoms with Crippen LogP contribution in [-0.4, -0.2) is 75.1 Å². The van der Waals surface area contributed by atoms with Crippen LogP contribution in [0.1, 0.15) is 0 Å². The van der Waals surface area contributed by atoms with Crippen LogP contribution in [0, 0.1) is 0 Å². The van der Waals surface area contributed by atoms with E-state index >= 15 is 0 Å². The molecule has 2 heterocycles. The van der Waals surface area contributed by atoms with Crippen LogP contribution in [0.15, 0.2) is 45.6 Å². The summed E-state index contributed by atoms with van der Waals surface area (Å²) in [5.74, 6) is -1.02. The lowest BCUT2D eigenvalue weighted by Gasteiger charge is -2.39. The minimum Gasteiger partial charge on any atom is -0.507 e. The zero-order valence-corrected chi connectivity index (χ0v) is 17.3. The third kappa shape index (κ3) is 4.08. The van der Waals surface area contributed by atoms with Gasteiger partial charge in [0, 0.05) is 17.7 Å². The zero-order valence-electron chi connectivity index (χ0n) is 17.3.